The van der Waals surface area contributed by atoms with Crippen molar-refractivity contribution in [1.29, 1.82) is 0 Å². The number of tetrazole rings is 1. The van der Waals surface area contributed by atoms with Crippen LogP contribution in [0.2, 0.25) is 0 Å². The van der Waals surface area contributed by atoms with Crippen molar-refractivity contribution in [1.82, 2.24) is 20.6 Å². The summed E-state index contributed by atoms with van der Waals surface area (Å²) in [6.45, 7) is 4.54. The van der Waals surface area contributed by atoms with Crippen molar-refractivity contribution in [2.45, 2.75) is 89.2 Å². The molecule has 1 N–H and O–H groups in total. The fraction of sp³-hybridized carbons (Fsp3) is 0.667. The molecule has 0 amide bonds. The number of H-pyrrole nitrogens is 1. The summed E-state index contributed by atoms with van der Waals surface area (Å²) in [6.07, 6.45) is 12.4. The molecule has 0 spiro atoms. The number of nitrogens with one attached hydrogen (secondary N) is 1. The third-order valence-electron chi connectivity index (χ3n) is 5.73. The van der Waals surface area contributed by atoms with E-state index >= 15 is 0 Å². The topological polar surface area (TPSA) is 80.8 Å². The summed E-state index contributed by atoms with van der Waals surface area (Å²) < 4.78 is 5.13. The minimum atomic E-state index is -0.335. The van der Waals surface area contributed by atoms with Crippen LogP contribution in [0, 0.1) is 0 Å². The third kappa shape index (κ3) is 9.01. The van der Waals surface area contributed by atoms with Gasteiger partial charge in [0.25, 0.3) is 0 Å². The SMILES string of the molecule is CCCCCCCCCCC(C)c1ccccc1C(SCCc1nnn[nH]1)C(=O)OC. The lowest BCUT2D eigenvalue weighted by molar-refractivity contribution is -0.140. The molecule has 172 valence electrons. The Morgan fingerprint density at radius 1 is 1.06 bits per heavy atom. The number of ether oxygens (including phenoxy) is 1. The second kappa shape index (κ2) is 15.0. The summed E-state index contributed by atoms with van der Waals surface area (Å²) in [6, 6.07) is 8.33. The summed E-state index contributed by atoms with van der Waals surface area (Å²) in [5.41, 5.74) is 2.33. The maximum atomic E-state index is 12.6. The van der Waals surface area contributed by atoms with E-state index in [2.05, 4.69) is 52.7 Å². The highest BCUT2D eigenvalue weighted by atomic mass is 32.2. The molecule has 0 aliphatic carbocycles. The van der Waals surface area contributed by atoms with E-state index in [9.17, 15) is 4.79 Å². The summed E-state index contributed by atoms with van der Waals surface area (Å²) in [5, 5.41) is 13.6. The molecule has 1 aromatic heterocycles. The van der Waals surface area contributed by atoms with Crippen LogP contribution in [-0.2, 0) is 16.0 Å². The zero-order valence-corrected chi connectivity index (χ0v) is 20.1. The Bertz CT molecular complexity index is 739. The Morgan fingerprint density at radius 2 is 1.74 bits per heavy atom. The Balaban J connectivity index is 1.90. The van der Waals surface area contributed by atoms with E-state index in [0.29, 0.717) is 12.3 Å². The second-order valence-corrected chi connectivity index (χ2v) is 9.38. The molecule has 2 atom stereocenters. The van der Waals surface area contributed by atoms with Gasteiger partial charge >= 0.3 is 5.97 Å². The van der Waals surface area contributed by atoms with E-state index in [1.54, 1.807) is 11.8 Å². The summed E-state index contributed by atoms with van der Waals surface area (Å²) in [4.78, 5) is 12.6. The van der Waals surface area contributed by atoms with Gasteiger partial charge in [-0.05, 0) is 33.9 Å². The molecule has 0 bridgehead atoms. The number of unbranched alkanes of at least 4 members (excludes halogenated alkanes) is 7. The van der Waals surface area contributed by atoms with Crippen LogP contribution < -0.4 is 0 Å². The van der Waals surface area contributed by atoms with Crippen molar-refractivity contribution >= 4 is 17.7 Å². The average molecular weight is 447 g/mol. The highest BCUT2D eigenvalue weighted by Gasteiger charge is 2.26. The maximum Gasteiger partial charge on any atom is 0.323 e. The van der Waals surface area contributed by atoms with Crippen molar-refractivity contribution in [3.05, 3.63) is 41.2 Å². The second-order valence-electron chi connectivity index (χ2n) is 8.17. The Kier molecular flexibility index (Phi) is 12.3. The van der Waals surface area contributed by atoms with Crippen molar-refractivity contribution in [3.63, 3.8) is 0 Å². The number of thioether (sulfide) groups is 1. The number of aromatic amines is 1. The minimum absolute atomic E-state index is 0.201. The molecule has 6 nitrogen and oxygen atoms in total. The van der Waals surface area contributed by atoms with Gasteiger partial charge in [-0.3, -0.25) is 4.79 Å². The summed E-state index contributed by atoms with van der Waals surface area (Å²) in [7, 11) is 1.46. The maximum absolute atomic E-state index is 12.6. The van der Waals surface area contributed by atoms with Gasteiger partial charge < -0.3 is 4.74 Å². The zero-order chi connectivity index (χ0) is 22.3. The van der Waals surface area contributed by atoms with Crippen molar-refractivity contribution < 1.29 is 9.53 Å². The van der Waals surface area contributed by atoms with E-state index in [1.165, 1.54) is 64.0 Å². The fourth-order valence-corrected chi connectivity index (χ4v) is 5.06. The van der Waals surface area contributed by atoms with Crippen LogP contribution in [0.5, 0.6) is 0 Å². The van der Waals surface area contributed by atoms with Gasteiger partial charge in [-0.2, -0.15) is 0 Å². The lowest BCUT2D eigenvalue weighted by Crippen LogP contribution is -2.15. The molecule has 0 aliphatic rings. The van der Waals surface area contributed by atoms with Crippen LogP contribution in [0.3, 0.4) is 0 Å². The van der Waals surface area contributed by atoms with Gasteiger partial charge in [-0.15, -0.1) is 16.9 Å². The number of aryl methyl sites for hydroxylation is 1. The smallest absolute Gasteiger partial charge is 0.323 e. The van der Waals surface area contributed by atoms with Gasteiger partial charge in [-0.25, -0.2) is 5.10 Å². The largest absolute Gasteiger partial charge is 0.468 e. The standard InChI is InChI=1S/C24H38N4O2S/c1-4-5-6-7-8-9-10-11-14-19(2)20-15-12-13-16-21(20)23(24(29)30-3)31-18-17-22-25-27-28-26-22/h12-13,15-16,19,23H,4-11,14,17-18H2,1-3H3,(H,25,26,27,28). The van der Waals surface area contributed by atoms with E-state index in [-0.39, 0.29) is 11.2 Å². The first-order chi connectivity index (χ1) is 15.2. The lowest BCUT2D eigenvalue weighted by Gasteiger charge is -2.22. The van der Waals surface area contributed by atoms with Crippen molar-refractivity contribution in [2.75, 3.05) is 12.9 Å². The van der Waals surface area contributed by atoms with E-state index in [0.717, 1.165) is 23.6 Å². The molecule has 0 fully saturated rings. The molecule has 2 rings (SSSR count). The number of carbonyl (C=O) groups excluding carboxylic acids is 1. The van der Waals surface area contributed by atoms with Crippen LogP contribution >= 0.6 is 11.8 Å². The van der Waals surface area contributed by atoms with Gasteiger partial charge in [0, 0.05) is 12.2 Å². The highest BCUT2D eigenvalue weighted by molar-refractivity contribution is 8.00. The molecule has 1 aromatic carbocycles. The first-order valence-electron chi connectivity index (χ1n) is 11.7. The number of aromatic nitrogens is 4. The zero-order valence-electron chi connectivity index (χ0n) is 19.3. The monoisotopic (exact) mass is 446 g/mol. The average Bonchev–Trinajstić information content (AvgIpc) is 3.31. The van der Waals surface area contributed by atoms with Gasteiger partial charge in [0.05, 0.1) is 7.11 Å². The Hall–Kier alpha value is -1.89. The number of hydrogen-bond donors (Lipinski definition) is 1. The molecule has 31 heavy (non-hydrogen) atoms. The normalized spacial score (nSPS) is 13.1. The molecular formula is C24H38N4O2S. The quantitative estimate of drug-likeness (QED) is 0.251. The van der Waals surface area contributed by atoms with Crippen LogP contribution in [-0.4, -0.2) is 39.5 Å². The van der Waals surface area contributed by atoms with Crippen LogP contribution in [0.1, 0.15) is 99.8 Å². The molecule has 2 unspecified atom stereocenters. The number of hydrogen-bond acceptors (Lipinski definition) is 6. The lowest BCUT2D eigenvalue weighted by atomic mass is 9.89. The van der Waals surface area contributed by atoms with Gasteiger partial charge in [0.1, 0.15) is 11.1 Å². The van der Waals surface area contributed by atoms with Gasteiger partial charge in [0.2, 0.25) is 0 Å². The van der Waals surface area contributed by atoms with Crippen LogP contribution in [0.4, 0.5) is 0 Å². The molecule has 0 saturated carbocycles. The van der Waals surface area contributed by atoms with E-state index < -0.39 is 0 Å². The molecule has 2 aromatic rings. The molecule has 0 aliphatic heterocycles. The Labute approximate surface area is 191 Å². The molecular weight excluding hydrogens is 408 g/mol. The molecule has 0 saturated heterocycles. The summed E-state index contributed by atoms with van der Waals surface area (Å²) >= 11 is 1.59. The summed E-state index contributed by atoms with van der Waals surface area (Å²) in [5.74, 6) is 1.68. The first kappa shape index (κ1) is 25.4. The van der Waals surface area contributed by atoms with Gasteiger partial charge in [0.15, 0.2) is 0 Å². The van der Waals surface area contributed by atoms with Gasteiger partial charge in [-0.1, -0.05) is 89.5 Å². The number of carbonyl (C=O) groups is 1. The number of esters is 1. The highest BCUT2D eigenvalue weighted by Crippen LogP contribution is 2.37. The van der Waals surface area contributed by atoms with E-state index in [1.807, 2.05) is 6.07 Å². The molecule has 0 radical (unpaired) electrons. The third-order valence-corrected chi connectivity index (χ3v) is 6.95. The Morgan fingerprint density at radius 3 is 2.39 bits per heavy atom. The minimum Gasteiger partial charge on any atom is -0.468 e. The number of rotatable bonds is 16. The van der Waals surface area contributed by atoms with Crippen LogP contribution in [0.25, 0.3) is 0 Å². The number of methoxy groups -OCH3 is 1. The molecule has 7 heteroatoms. The number of nitrogens with zero attached hydrogens (tertiary/aromatic N) is 3. The van der Waals surface area contributed by atoms with Crippen LogP contribution in [0.15, 0.2) is 24.3 Å². The van der Waals surface area contributed by atoms with Crippen molar-refractivity contribution in [2.24, 2.45) is 0 Å². The first-order valence-corrected chi connectivity index (χ1v) is 12.7. The number of benzene rings is 1. The predicted octanol–water partition coefficient (Wildman–Crippen LogP) is 6.02. The predicted molar refractivity (Wildman–Crippen MR) is 127 cm³/mol. The van der Waals surface area contributed by atoms with E-state index in [4.69, 9.17) is 4.74 Å². The van der Waals surface area contributed by atoms with Crippen molar-refractivity contribution in [3.8, 4) is 0 Å². The molecule has 1 heterocycles. The fourth-order valence-electron chi connectivity index (χ4n) is 3.89.